The maximum absolute atomic E-state index is 12.4. The Labute approximate surface area is 130 Å². The van der Waals surface area contributed by atoms with E-state index in [9.17, 15) is 4.79 Å². The monoisotopic (exact) mass is 317 g/mol. The molecular weight excluding hydrogens is 306 g/mol. The lowest BCUT2D eigenvalue weighted by Gasteiger charge is -1.99. The largest absolute Gasteiger partial charge is 0.304 e. The van der Waals surface area contributed by atoms with Crippen LogP contribution in [-0.2, 0) is 0 Å². The number of aromatic amines is 1. The molecule has 1 aliphatic carbocycles. The van der Waals surface area contributed by atoms with Crippen LogP contribution in [-0.4, -0.2) is 16.1 Å². The minimum absolute atomic E-state index is 0.213. The zero-order chi connectivity index (χ0) is 14.4. The molecule has 0 saturated heterocycles. The van der Waals surface area contributed by atoms with Crippen molar-refractivity contribution in [2.75, 3.05) is 5.32 Å². The number of rotatable bonds is 3. The van der Waals surface area contributed by atoms with E-state index in [-0.39, 0.29) is 5.91 Å². The van der Waals surface area contributed by atoms with Crippen LogP contribution in [0.25, 0.3) is 10.1 Å². The van der Waals surface area contributed by atoms with Crippen LogP contribution < -0.4 is 5.32 Å². The summed E-state index contributed by atoms with van der Waals surface area (Å²) in [5.41, 5.74) is 1.09. The van der Waals surface area contributed by atoms with E-state index in [1.54, 1.807) is 0 Å². The van der Waals surface area contributed by atoms with Crippen molar-refractivity contribution in [1.29, 1.82) is 0 Å². The number of amides is 1. The van der Waals surface area contributed by atoms with Crippen molar-refractivity contribution in [3.63, 3.8) is 0 Å². The third-order valence-electron chi connectivity index (χ3n) is 3.60. The van der Waals surface area contributed by atoms with Gasteiger partial charge in [-0.1, -0.05) is 29.8 Å². The van der Waals surface area contributed by atoms with Crippen LogP contribution in [0, 0.1) is 0 Å². The Kier molecular flexibility index (Phi) is 2.97. The van der Waals surface area contributed by atoms with E-state index in [2.05, 4.69) is 15.5 Å². The molecule has 1 aliphatic rings. The molecule has 6 heteroatoms. The van der Waals surface area contributed by atoms with Gasteiger partial charge in [0.1, 0.15) is 4.88 Å². The average molecular weight is 318 g/mol. The molecule has 106 valence electrons. The first kappa shape index (κ1) is 12.9. The van der Waals surface area contributed by atoms with Crippen LogP contribution in [0.2, 0.25) is 5.02 Å². The first-order valence-electron chi connectivity index (χ1n) is 6.76. The van der Waals surface area contributed by atoms with Crippen molar-refractivity contribution >= 4 is 44.7 Å². The van der Waals surface area contributed by atoms with E-state index >= 15 is 0 Å². The van der Waals surface area contributed by atoms with Gasteiger partial charge in [0, 0.05) is 27.8 Å². The van der Waals surface area contributed by atoms with Gasteiger partial charge >= 0.3 is 0 Å². The molecule has 2 heterocycles. The van der Waals surface area contributed by atoms with Gasteiger partial charge in [-0.25, -0.2) is 0 Å². The van der Waals surface area contributed by atoms with Crippen LogP contribution in [0.1, 0.15) is 34.1 Å². The number of halogens is 1. The second-order valence-corrected chi connectivity index (χ2v) is 6.61. The maximum Gasteiger partial charge on any atom is 0.268 e. The van der Waals surface area contributed by atoms with Crippen LogP contribution >= 0.6 is 22.9 Å². The molecule has 0 spiro atoms. The number of fused-ring (bicyclic) bond motifs is 1. The second-order valence-electron chi connectivity index (χ2n) is 5.18. The predicted molar refractivity (Wildman–Crippen MR) is 85.4 cm³/mol. The van der Waals surface area contributed by atoms with Crippen molar-refractivity contribution in [2.24, 2.45) is 0 Å². The van der Waals surface area contributed by atoms with Crippen LogP contribution in [0.3, 0.4) is 0 Å². The van der Waals surface area contributed by atoms with Crippen molar-refractivity contribution in [3.8, 4) is 0 Å². The minimum Gasteiger partial charge on any atom is -0.304 e. The number of thiophene rings is 1. The maximum atomic E-state index is 12.4. The van der Waals surface area contributed by atoms with E-state index in [1.165, 1.54) is 24.2 Å². The molecule has 21 heavy (non-hydrogen) atoms. The van der Waals surface area contributed by atoms with Gasteiger partial charge in [-0.3, -0.25) is 9.89 Å². The highest BCUT2D eigenvalue weighted by Crippen LogP contribution is 2.40. The molecule has 4 rings (SSSR count). The number of nitrogens with one attached hydrogen (secondary N) is 2. The van der Waals surface area contributed by atoms with Crippen molar-refractivity contribution in [3.05, 3.63) is 45.9 Å². The third kappa shape index (κ3) is 2.32. The first-order valence-corrected chi connectivity index (χ1v) is 7.95. The summed E-state index contributed by atoms with van der Waals surface area (Å²) < 4.78 is 1.01. The molecule has 0 bridgehead atoms. The Hall–Kier alpha value is -1.85. The first-order chi connectivity index (χ1) is 10.2. The van der Waals surface area contributed by atoms with Crippen LogP contribution in [0.15, 0.2) is 30.3 Å². The zero-order valence-electron chi connectivity index (χ0n) is 11.0. The summed E-state index contributed by atoms with van der Waals surface area (Å²) in [6.07, 6.45) is 2.38. The van der Waals surface area contributed by atoms with E-state index in [0.29, 0.717) is 21.6 Å². The van der Waals surface area contributed by atoms with Crippen LogP contribution in [0.5, 0.6) is 0 Å². The van der Waals surface area contributed by atoms with Gasteiger partial charge in [-0.15, -0.1) is 11.3 Å². The lowest BCUT2D eigenvalue weighted by molar-refractivity contribution is 0.103. The Morgan fingerprint density at radius 1 is 1.38 bits per heavy atom. The molecule has 1 aromatic carbocycles. The number of nitrogens with zero attached hydrogens (tertiary/aromatic N) is 1. The fourth-order valence-corrected chi connectivity index (χ4v) is 3.75. The van der Waals surface area contributed by atoms with E-state index < -0.39 is 0 Å². The Morgan fingerprint density at radius 2 is 2.19 bits per heavy atom. The molecule has 4 nitrogen and oxygen atoms in total. The third-order valence-corrected chi connectivity index (χ3v) is 5.27. The number of anilines is 1. The predicted octanol–water partition coefficient (Wildman–Crippen LogP) is 4.41. The molecule has 2 N–H and O–H groups in total. The molecule has 0 radical (unpaired) electrons. The Bertz CT molecular complexity index is 834. The molecule has 0 unspecified atom stereocenters. The van der Waals surface area contributed by atoms with E-state index in [0.717, 1.165) is 15.8 Å². The SMILES string of the molecule is O=C(Nc1cc(C2CC2)[nH]n1)c1sc2ccccc2c1Cl. The standard InChI is InChI=1S/C15H12ClN3OS/c16-13-9-3-1-2-4-11(9)21-14(13)15(20)17-12-7-10(18-19-12)8-5-6-8/h1-4,7-8H,5-6H2,(H2,17,18,19,20). The number of aromatic nitrogens is 2. The lowest BCUT2D eigenvalue weighted by Crippen LogP contribution is -2.10. The molecule has 1 amide bonds. The Morgan fingerprint density at radius 3 is 2.95 bits per heavy atom. The molecule has 0 atom stereocenters. The molecular formula is C15H12ClN3OS. The van der Waals surface area contributed by atoms with Gasteiger partial charge in [0.25, 0.3) is 5.91 Å². The highest BCUT2D eigenvalue weighted by Gasteiger charge is 2.26. The lowest BCUT2D eigenvalue weighted by atomic mass is 10.2. The van der Waals surface area contributed by atoms with Crippen molar-refractivity contribution in [2.45, 2.75) is 18.8 Å². The summed E-state index contributed by atoms with van der Waals surface area (Å²) in [4.78, 5) is 12.9. The summed E-state index contributed by atoms with van der Waals surface area (Å²) in [7, 11) is 0. The molecule has 1 saturated carbocycles. The van der Waals surface area contributed by atoms with Gasteiger partial charge in [-0.2, -0.15) is 5.10 Å². The van der Waals surface area contributed by atoms with Gasteiger partial charge in [0.2, 0.25) is 0 Å². The fraction of sp³-hybridized carbons (Fsp3) is 0.200. The highest BCUT2D eigenvalue weighted by atomic mass is 35.5. The summed E-state index contributed by atoms with van der Waals surface area (Å²) in [6, 6.07) is 9.63. The summed E-state index contributed by atoms with van der Waals surface area (Å²) in [6.45, 7) is 0. The Balaban J connectivity index is 1.61. The molecule has 1 fully saturated rings. The molecule has 2 aromatic heterocycles. The quantitative estimate of drug-likeness (QED) is 0.752. The van der Waals surface area contributed by atoms with Gasteiger partial charge in [-0.05, 0) is 18.9 Å². The van der Waals surface area contributed by atoms with Gasteiger partial charge in [0.15, 0.2) is 5.82 Å². The number of hydrogen-bond acceptors (Lipinski definition) is 3. The molecule has 3 aromatic rings. The smallest absolute Gasteiger partial charge is 0.268 e. The molecule has 0 aliphatic heterocycles. The highest BCUT2D eigenvalue weighted by molar-refractivity contribution is 7.21. The number of hydrogen-bond donors (Lipinski definition) is 2. The van der Waals surface area contributed by atoms with Crippen molar-refractivity contribution in [1.82, 2.24) is 10.2 Å². The van der Waals surface area contributed by atoms with Crippen molar-refractivity contribution < 1.29 is 4.79 Å². The fourth-order valence-electron chi connectivity index (χ4n) is 2.34. The number of H-pyrrole nitrogens is 1. The normalized spacial score (nSPS) is 14.5. The second kappa shape index (κ2) is 4.86. The number of carbonyl (C=O) groups excluding carboxylic acids is 1. The summed E-state index contributed by atoms with van der Waals surface area (Å²) >= 11 is 7.70. The van der Waals surface area contributed by atoms with E-state index in [4.69, 9.17) is 11.6 Å². The zero-order valence-corrected chi connectivity index (χ0v) is 12.6. The number of benzene rings is 1. The minimum atomic E-state index is -0.213. The average Bonchev–Trinajstić information content (AvgIpc) is 3.15. The summed E-state index contributed by atoms with van der Waals surface area (Å²) in [5, 5.41) is 11.3. The number of carbonyl (C=O) groups is 1. The van der Waals surface area contributed by atoms with Gasteiger partial charge in [0.05, 0.1) is 5.02 Å². The van der Waals surface area contributed by atoms with E-state index in [1.807, 2.05) is 30.3 Å². The van der Waals surface area contributed by atoms with Crippen LogP contribution in [0.4, 0.5) is 5.82 Å². The summed E-state index contributed by atoms with van der Waals surface area (Å²) in [5.74, 6) is 0.918. The topological polar surface area (TPSA) is 57.8 Å². The van der Waals surface area contributed by atoms with Gasteiger partial charge < -0.3 is 5.32 Å².